The number of aromatic nitrogens is 3. The van der Waals surface area contributed by atoms with Gasteiger partial charge in [0.15, 0.2) is 11.6 Å². The number of hydrogen-bond donors (Lipinski definition) is 2. The number of fused-ring (bicyclic) bond motifs is 1. The van der Waals surface area contributed by atoms with E-state index in [0.717, 1.165) is 18.6 Å². The zero-order valence-electron chi connectivity index (χ0n) is 15.5. The van der Waals surface area contributed by atoms with Crippen LogP contribution >= 0.6 is 0 Å². The molecular weight excluding hydrogens is 346 g/mol. The van der Waals surface area contributed by atoms with Crippen LogP contribution in [0.3, 0.4) is 0 Å². The van der Waals surface area contributed by atoms with E-state index in [9.17, 15) is 9.90 Å². The van der Waals surface area contributed by atoms with Gasteiger partial charge in [0, 0.05) is 30.8 Å². The number of anilines is 2. The van der Waals surface area contributed by atoms with E-state index < -0.39 is 5.60 Å². The van der Waals surface area contributed by atoms with Gasteiger partial charge >= 0.3 is 0 Å². The predicted octanol–water partition coefficient (Wildman–Crippen LogP) is 1.56. The highest BCUT2D eigenvalue weighted by Crippen LogP contribution is 2.30. The van der Waals surface area contributed by atoms with Gasteiger partial charge in [-0.2, -0.15) is 0 Å². The number of aliphatic hydroxyl groups is 1. The number of nitrogens with zero attached hydrogens (tertiary/aromatic N) is 4. The summed E-state index contributed by atoms with van der Waals surface area (Å²) in [5.74, 6) is 1.46. The maximum Gasteiger partial charge on any atom is 0.245 e. The molecule has 142 valence electrons. The molecule has 0 radical (unpaired) electrons. The van der Waals surface area contributed by atoms with E-state index in [0.29, 0.717) is 42.1 Å². The van der Waals surface area contributed by atoms with Crippen LogP contribution < -0.4 is 10.2 Å². The van der Waals surface area contributed by atoms with Crippen LogP contribution in [0, 0.1) is 5.92 Å². The first-order valence-electron chi connectivity index (χ1n) is 9.09. The minimum absolute atomic E-state index is 0.0836. The molecule has 0 spiro atoms. The van der Waals surface area contributed by atoms with Gasteiger partial charge in [-0.3, -0.25) is 9.78 Å². The van der Waals surface area contributed by atoms with Crippen LogP contribution in [0.5, 0.6) is 0 Å². The smallest absolute Gasteiger partial charge is 0.245 e. The zero-order chi connectivity index (χ0) is 19.0. The Balaban J connectivity index is 1.63. The molecule has 27 heavy (non-hydrogen) atoms. The maximum atomic E-state index is 12.0. The quantitative estimate of drug-likeness (QED) is 0.843. The number of hydrogen-bond acceptors (Lipinski definition) is 7. The number of carbonyl (C=O) groups is 1. The van der Waals surface area contributed by atoms with Crippen molar-refractivity contribution in [2.24, 2.45) is 5.92 Å². The fourth-order valence-corrected chi connectivity index (χ4v) is 3.34. The summed E-state index contributed by atoms with van der Waals surface area (Å²) in [5.41, 5.74) is 1.07. The summed E-state index contributed by atoms with van der Waals surface area (Å²) < 4.78 is 5.45. The van der Waals surface area contributed by atoms with Crippen molar-refractivity contribution in [3.63, 3.8) is 0 Å². The lowest BCUT2D eigenvalue weighted by Gasteiger charge is -2.30. The molecule has 8 heteroatoms. The molecule has 8 nitrogen and oxygen atoms in total. The molecule has 2 aromatic rings. The van der Waals surface area contributed by atoms with Crippen molar-refractivity contribution in [1.29, 1.82) is 0 Å². The van der Waals surface area contributed by atoms with Crippen molar-refractivity contribution in [2.75, 3.05) is 36.5 Å². The summed E-state index contributed by atoms with van der Waals surface area (Å²) in [7, 11) is 0. The highest BCUT2D eigenvalue weighted by atomic mass is 16.5. The Morgan fingerprint density at radius 2 is 2.19 bits per heavy atom. The van der Waals surface area contributed by atoms with Crippen molar-refractivity contribution in [3.05, 3.63) is 30.2 Å². The maximum absolute atomic E-state index is 12.0. The molecule has 2 N–H and O–H groups in total. The summed E-state index contributed by atoms with van der Waals surface area (Å²) in [6.45, 7) is 5.85. The van der Waals surface area contributed by atoms with E-state index in [-0.39, 0.29) is 12.5 Å². The van der Waals surface area contributed by atoms with Gasteiger partial charge < -0.3 is 20.1 Å². The average molecular weight is 369 g/mol. The second kappa shape index (κ2) is 6.86. The molecule has 2 aliphatic heterocycles. The molecule has 4 rings (SSSR count). The second-order valence-corrected chi connectivity index (χ2v) is 7.58. The summed E-state index contributed by atoms with van der Waals surface area (Å²) in [6, 6.07) is 3.65. The van der Waals surface area contributed by atoms with Crippen LogP contribution in [0.1, 0.15) is 26.0 Å². The molecule has 2 aliphatic rings. The van der Waals surface area contributed by atoms with E-state index in [1.165, 1.54) is 0 Å². The number of ether oxygens (including phenoxy) is 1. The molecule has 0 bridgehead atoms. The van der Waals surface area contributed by atoms with Gasteiger partial charge in [-0.1, -0.05) is 0 Å². The summed E-state index contributed by atoms with van der Waals surface area (Å²) in [5, 5.41) is 12.8. The normalized spacial score (nSPS) is 19.7. The fourth-order valence-electron chi connectivity index (χ4n) is 3.34. The third-order valence-corrected chi connectivity index (χ3v) is 4.83. The van der Waals surface area contributed by atoms with Gasteiger partial charge in [-0.15, -0.1) is 0 Å². The Hall–Kier alpha value is -2.58. The zero-order valence-corrected chi connectivity index (χ0v) is 15.5. The standard InChI is InChI=1S/C19H23N5O3/c1-19(2,26)15-4-3-13(7-20-15)14-8-21-17-18(22-14)24(10-16(25)23-17)9-12-5-6-27-11-12/h3-4,7-8,12,26H,5-6,9-11H2,1-2H3,(H,21,23,25). The van der Waals surface area contributed by atoms with Crippen LogP contribution in [-0.4, -0.2) is 52.3 Å². The van der Waals surface area contributed by atoms with Crippen LogP contribution in [0.2, 0.25) is 0 Å². The van der Waals surface area contributed by atoms with E-state index >= 15 is 0 Å². The fraction of sp³-hybridized carbons (Fsp3) is 0.474. The van der Waals surface area contributed by atoms with E-state index in [1.807, 2.05) is 11.0 Å². The minimum Gasteiger partial charge on any atom is -0.384 e. The first kappa shape index (κ1) is 17.8. The lowest BCUT2D eigenvalue weighted by molar-refractivity contribution is -0.115. The van der Waals surface area contributed by atoms with Gasteiger partial charge in [-0.05, 0) is 32.4 Å². The molecule has 1 unspecified atom stereocenters. The summed E-state index contributed by atoms with van der Waals surface area (Å²) in [4.78, 5) is 27.5. The van der Waals surface area contributed by atoms with Gasteiger partial charge in [0.25, 0.3) is 0 Å². The Morgan fingerprint density at radius 1 is 1.33 bits per heavy atom. The Morgan fingerprint density at radius 3 is 2.85 bits per heavy atom. The molecule has 1 amide bonds. The topological polar surface area (TPSA) is 100 Å². The molecule has 0 aliphatic carbocycles. The largest absolute Gasteiger partial charge is 0.384 e. The lowest BCUT2D eigenvalue weighted by Crippen LogP contribution is -2.42. The van der Waals surface area contributed by atoms with E-state index in [4.69, 9.17) is 9.72 Å². The van der Waals surface area contributed by atoms with E-state index in [2.05, 4.69) is 15.3 Å². The molecule has 1 saturated heterocycles. The number of pyridine rings is 1. The summed E-state index contributed by atoms with van der Waals surface area (Å²) in [6.07, 6.45) is 4.30. The van der Waals surface area contributed by atoms with Crippen molar-refractivity contribution < 1.29 is 14.6 Å². The van der Waals surface area contributed by atoms with Gasteiger partial charge in [0.05, 0.1) is 30.7 Å². The first-order valence-corrected chi connectivity index (χ1v) is 9.09. The highest BCUT2D eigenvalue weighted by Gasteiger charge is 2.28. The third kappa shape index (κ3) is 3.77. The average Bonchev–Trinajstić information content (AvgIpc) is 3.14. The number of nitrogens with one attached hydrogen (secondary N) is 1. The lowest BCUT2D eigenvalue weighted by atomic mass is 10.0. The third-order valence-electron chi connectivity index (χ3n) is 4.83. The first-order chi connectivity index (χ1) is 12.9. The Labute approximate surface area is 157 Å². The molecule has 0 saturated carbocycles. The minimum atomic E-state index is -0.996. The van der Waals surface area contributed by atoms with Crippen molar-refractivity contribution in [3.8, 4) is 11.3 Å². The van der Waals surface area contributed by atoms with Crippen molar-refractivity contribution in [1.82, 2.24) is 15.0 Å². The predicted molar refractivity (Wildman–Crippen MR) is 100 cm³/mol. The van der Waals surface area contributed by atoms with E-state index in [1.54, 1.807) is 32.3 Å². The van der Waals surface area contributed by atoms with Crippen LogP contribution in [0.25, 0.3) is 11.3 Å². The second-order valence-electron chi connectivity index (χ2n) is 7.58. The van der Waals surface area contributed by atoms with Crippen LogP contribution in [0.4, 0.5) is 11.6 Å². The number of carbonyl (C=O) groups excluding carboxylic acids is 1. The molecule has 2 aromatic heterocycles. The monoisotopic (exact) mass is 369 g/mol. The van der Waals surface area contributed by atoms with Gasteiger partial charge in [0.1, 0.15) is 5.60 Å². The number of amides is 1. The molecule has 0 aromatic carbocycles. The van der Waals surface area contributed by atoms with Crippen LogP contribution in [-0.2, 0) is 15.1 Å². The highest BCUT2D eigenvalue weighted by molar-refractivity contribution is 5.99. The Kier molecular flexibility index (Phi) is 4.53. The van der Waals surface area contributed by atoms with Crippen LogP contribution in [0.15, 0.2) is 24.5 Å². The SMILES string of the molecule is CC(C)(O)c1ccc(-c2cnc3c(n2)N(CC2CCOC2)CC(=O)N3)cn1. The summed E-state index contributed by atoms with van der Waals surface area (Å²) >= 11 is 0. The molecular formula is C19H23N5O3. The van der Waals surface area contributed by atoms with Gasteiger partial charge in [-0.25, -0.2) is 9.97 Å². The number of rotatable bonds is 4. The molecule has 1 atom stereocenters. The van der Waals surface area contributed by atoms with Crippen molar-refractivity contribution >= 4 is 17.5 Å². The molecule has 1 fully saturated rings. The van der Waals surface area contributed by atoms with Crippen molar-refractivity contribution in [2.45, 2.75) is 25.9 Å². The Bertz CT molecular complexity index is 841. The van der Waals surface area contributed by atoms with Gasteiger partial charge in [0.2, 0.25) is 5.91 Å². The molecule has 4 heterocycles.